The van der Waals surface area contributed by atoms with Gasteiger partial charge in [0, 0.05) is 18.7 Å². The number of carbonyl (C=O) groups is 5. The number of primary amides is 1. The molecule has 0 aliphatic heterocycles. The van der Waals surface area contributed by atoms with Gasteiger partial charge in [0.1, 0.15) is 12.1 Å². The van der Waals surface area contributed by atoms with Crippen molar-refractivity contribution >= 4 is 48.2 Å². The first kappa shape index (κ1) is 27.9. The molecule has 15 heteroatoms. The van der Waals surface area contributed by atoms with Crippen molar-refractivity contribution in [3.05, 3.63) is 0 Å². The van der Waals surface area contributed by atoms with Crippen molar-refractivity contribution in [2.24, 2.45) is 27.9 Å². The molecule has 0 aromatic heterocycles. The van der Waals surface area contributed by atoms with Crippen LogP contribution in [0.3, 0.4) is 0 Å². The fraction of sp³-hybridized carbons (Fsp3) is 0.625. The third-order valence-electron chi connectivity index (χ3n) is 3.86. The van der Waals surface area contributed by atoms with Crippen LogP contribution in [0.15, 0.2) is 4.99 Å². The summed E-state index contributed by atoms with van der Waals surface area (Å²) in [7, 11) is 0. The quantitative estimate of drug-likeness (QED) is 0.0493. The van der Waals surface area contributed by atoms with Gasteiger partial charge in [-0.3, -0.25) is 24.2 Å². The molecule has 0 bridgehead atoms. The first-order valence-electron chi connectivity index (χ1n) is 9.28. The number of carbonyl (C=O) groups excluding carboxylic acids is 4. The lowest BCUT2D eigenvalue weighted by molar-refractivity contribution is -0.141. The predicted molar refractivity (Wildman–Crippen MR) is 115 cm³/mol. The number of nitrogens with two attached hydrogens (primary N) is 4. The maximum atomic E-state index is 12.4. The van der Waals surface area contributed by atoms with E-state index >= 15 is 0 Å². The molecule has 0 spiro atoms. The van der Waals surface area contributed by atoms with Crippen molar-refractivity contribution in [2.75, 3.05) is 18.8 Å². The highest BCUT2D eigenvalue weighted by Crippen LogP contribution is 2.01. The van der Waals surface area contributed by atoms with E-state index in [2.05, 4.69) is 33.6 Å². The third kappa shape index (κ3) is 13.0. The van der Waals surface area contributed by atoms with Crippen molar-refractivity contribution in [1.29, 1.82) is 0 Å². The van der Waals surface area contributed by atoms with Crippen LogP contribution in [0, 0.1) is 0 Å². The summed E-state index contributed by atoms with van der Waals surface area (Å²) in [5, 5.41) is 15.7. The number of hydrogen-bond acceptors (Lipinski definition) is 8. The van der Waals surface area contributed by atoms with Gasteiger partial charge in [-0.1, -0.05) is 0 Å². The Hall–Kier alpha value is -3.07. The molecule has 3 atom stereocenters. The summed E-state index contributed by atoms with van der Waals surface area (Å²) in [6.07, 6.45) is 0.324. The van der Waals surface area contributed by atoms with E-state index in [1.165, 1.54) is 0 Å². The van der Waals surface area contributed by atoms with E-state index in [4.69, 9.17) is 28.0 Å². The molecule has 31 heavy (non-hydrogen) atoms. The van der Waals surface area contributed by atoms with Crippen LogP contribution in [-0.2, 0) is 24.0 Å². The van der Waals surface area contributed by atoms with Gasteiger partial charge in [0.2, 0.25) is 23.6 Å². The van der Waals surface area contributed by atoms with Gasteiger partial charge < -0.3 is 44.0 Å². The zero-order valence-corrected chi connectivity index (χ0v) is 17.8. The maximum absolute atomic E-state index is 12.4. The molecule has 0 saturated carbocycles. The second kappa shape index (κ2) is 14.8. The summed E-state index contributed by atoms with van der Waals surface area (Å²) < 4.78 is 0. The lowest BCUT2D eigenvalue weighted by Crippen LogP contribution is -2.53. The Morgan fingerprint density at radius 1 is 0.968 bits per heavy atom. The number of rotatable bonds is 15. The number of aliphatic imine (C=N–C) groups is 1. The van der Waals surface area contributed by atoms with Gasteiger partial charge >= 0.3 is 5.97 Å². The SMILES string of the molecule is NC(=O)CCC(NC(=O)C(N)CCCN=C(N)N)C(=O)NCC(=O)NC(CS)C(=O)O. The smallest absolute Gasteiger partial charge is 0.327 e. The zero-order valence-electron chi connectivity index (χ0n) is 16.9. The molecule has 3 unspecified atom stereocenters. The summed E-state index contributed by atoms with van der Waals surface area (Å²) in [4.78, 5) is 62.1. The molecule has 0 rings (SSSR count). The highest BCUT2D eigenvalue weighted by Gasteiger charge is 2.25. The molecule has 0 aromatic carbocycles. The second-order valence-electron chi connectivity index (χ2n) is 6.48. The monoisotopic (exact) mass is 462 g/mol. The molecule has 4 amide bonds. The molecule has 0 aromatic rings. The summed E-state index contributed by atoms with van der Waals surface area (Å²) in [6, 6.07) is -3.38. The normalized spacial score (nSPS) is 13.2. The predicted octanol–water partition coefficient (Wildman–Crippen LogP) is -4.27. The van der Waals surface area contributed by atoms with E-state index < -0.39 is 54.3 Å². The van der Waals surface area contributed by atoms with E-state index in [0.717, 1.165) is 0 Å². The summed E-state index contributed by atoms with van der Waals surface area (Å²) in [5.41, 5.74) is 21.3. The average Bonchev–Trinajstić information content (AvgIpc) is 2.69. The maximum Gasteiger partial charge on any atom is 0.327 e. The Morgan fingerprint density at radius 3 is 2.13 bits per heavy atom. The molecule has 14 nitrogen and oxygen atoms in total. The Balaban J connectivity index is 4.81. The minimum atomic E-state index is -1.28. The number of hydrogen-bond donors (Lipinski definition) is 9. The van der Waals surface area contributed by atoms with E-state index in [9.17, 15) is 24.0 Å². The summed E-state index contributed by atoms with van der Waals surface area (Å²) in [5.74, 6) is -4.40. The van der Waals surface area contributed by atoms with Crippen LogP contribution in [0.4, 0.5) is 0 Å². The van der Waals surface area contributed by atoms with Crippen LogP contribution in [0.1, 0.15) is 25.7 Å². The van der Waals surface area contributed by atoms with E-state index in [-0.39, 0.29) is 37.5 Å². The van der Waals surface area contributed by atoms with Gasteiger partial charge in [0.25, 0.3) is 0 Å². The molecule has 0 fully saturated rings. The average molecular weight is 463 g/mol. The number of nitrogens with one attached hydrogen (secondary N) is 3. The lowest BCUT2D eigenvalue weighted by Gasteiger charge is -2.20. The minimum absolute atomic E-state index is 0.0886. The number of carboxylic acid groups (broad SMARTS) is 1. The topological polar surface area (TPSA) is 258 Å². The van der Waals surface area contributed by atoms with Crippen LogP contribution < -0.4 is 38.9 Å². The van der Waals surface area contributed by atoms with Crippen LogP contribution in [0.5, 0.6) is 0 Å². The molecule has 0 aliphatic rings. The summed E-state index contributed by atoms with van der Waals surface area (Å²) in [6.45, 7) is -0.280. The molecule has 12 N–H and O–H groups in total. The number of guanidine groups is 1. The summed E-state index contributed by atoms with van der Waals surface area (Å²) >= 11 is 3.81. The molecule has 0 radical (unpaired) electrons. The number of aliphatic carboxylic acids is 1. The molecule has 0 aliphatic carbocycles. The number of thiol groups is 1. The second-order valence-corrected chi connectivity index (χ2v) is 6.85. The van der Waals surface area contributed by atoms with E-state index in [1.807, 2.05) is 0 Å². The number of amides is 4. The van der Waals surface area contributed by atoms with Gasteiger partial charge in [0.05, 0.1) is 12.6 Å². The van der Waals surface area contributed by atoms with Crippen molar-refractivity contribution in [1.82, 2.24) is 16.0 Å². The molecule has 0 saturated heterocycles. The molecule has 0 heterocycles. The van der Waals surface area contributed by atoms with Crippen molar-refractivity contribution in [2.45, 2.75) is 43.8 Å². The highest BCUT2D eigenvalue weighted by atomic mass is 32.1. The Bertz CT molecular complexity index is 685. The van der Waals surface area contributed by atoms with Gasteiger partial charge in [-0.15, -0.1) is 0 Å². The molecular formula is C16H30N8O6S. The molecular weight excluding hydrogens is 432 g/mol. The van der Waals surface area contributed by atoms with Crippen molar-refractivity contribution in [3.63, 3.8) is 0 Å². The van der Waals surface area contributed by atoms with Crippen LogP contribution in [-0.4, -0.2) is 77.6 Å². The Kier molecular flexibility index (Phi) is 13.4. The Labute approximate surface area is 184 Å². The lowest BCUT2D eigenvalue weighted by atomic mass is 10.1. The Morgan fingerprint density at radius 2 is 1.61 bits per heavy atom. The fourth-order valence-corrected chi connectivity index (χ4v) is 2.45. The molecule has 176 valence electrons. The number of nitrogens with zero attached hydrogens (tertiary/aromatic N) is 1. The van der Waals surface area contributed by atoms with Gasteiger partial charge in [-0.2, -0.15) is 12.6 Å². The van der Waals surface area contributed by atoms with Gasteiger partial charge in [0.15, 0.2) is 5.96 Å². The third-order valence-corrected chi connectivity index (χ3v) is 4.22. The van der Waals surface area contributed by atoms with Crippen molar-refractivity contribution in [3.8, 4) is 0 Å². The van der Waals surface area contributed by atoms with Gasteiger partial charge in [-0.05, 0) is 19.3 Å². The van der Waals surface area contributed by atoms with E-state index in [0.29, 0.717) is 6.42 Å². The van der Waals surface area contributed by atoms with Crippen LogP contribution in [0.2, 0.25) is 0 Å². The zero-order chi connectivity index (χ0) is 24.0. The first-order chi connectivity index (χ1) is 14.5. The van der Waals surface area contributed by atoms with Crippen molar-refractivity contribution < 1.29 is 29.1 Å². The minimum Gasteiger partial charge on any atom is -0.480 e. The van der Waals surface area contributed by atoms with Gasteiger partial charge in [-0.25, -0.2) is 4.79 Å². The highest BCUT2D eigenvalue weighted by molar-refractivity contribution is 7.80. The first-order valence-corrected chi connectivity index (χ1v) is 9.91. The van der Waals surface area contributed by atoms with Crippen LogP contribution >= 0.6 is 12.6 Å². The van der Waals surface area contributed by atoms with E-state index in [1.54, 1.807) is 0 Å². The number of carboxylic acids is 1. The largest absolute Gasteiger partial charge is 0.480 e. The fourth-order valence-electron chi connectivity index (χ4n) is 2.21. The standard InChI is InChI=1S/C16H30N8O6S/c17-8(2-1-5-21-16(19)20)13(27)24-9(3-4-11(18)25)14(28)22-6-12(26)23-10(7-31)15(29)30/h8-10,31H,1-7,17H2,(H2,18,25)(H,22,28)(H,23,26)(H,24,27)(H,29,30)(H4,19,20,21). The van der Waals surface area contributed by atoms with Crippen LogP contribution in [0.25, 0.3) is 0 Å².